The van der Waals surface area contributed by atoms with E-state index in [0.29, 0.717) is 19.0 Å². The van der Waals surface area contributed by atoms with Crippen molar-refractivity contribution in [3.05, 3.63) is 59.4 Å². The maximum atomic E-state index is 13.8. The molecular weight excluding hydrogens is 331 g/mol. The molecule has 0 spiro atoms. The standard InChI is InChI=1S/C21H27FN2O2/c1-5-24(13-16-6-11-20(26-4)19(22)12-16)14-21(25)23-18-9-7-17(8-10-18)15(2)3/h6-12,15H,5,13-14H2,1-4H3,(H,23,25). The van der Waals surface area contributed by atoms with Gasteiger partial charge in [0.15, 0.2) is 11.6 Å². The first kappa shape index (κ1) is 19.9. The number of nitrogens with one attached hydrogen (secondary N) is 1. The molecule has 1 amide bonds. The maximum Gasteiger partial charge on any atom is 0.238 e. The molecule has 0 aliphatic heterocycles. The minimum absolute atomic E-state index is 0.0851. The van der Waals surface area contributed by atoms with Crippen LogP contribution in [0.4, 0.5) is 10.1 Å². The molecular formula is C21H27FN2O2. The first-order chi connectivity index (χ1) is 12.4. The maximum absolute atomic E-state index is 13.8. The van der Waals surface area contributed by atoms with E-state index in [9.17, 15) is 9.18 Å². The van der Waals surface area contributed by atoms with Crippen LogP contribution in [0.3, 0.4) is 0 Å². The Bertz CT molecular complexity index is 729. The van der Waals surface area contributed by atoms with Gasteiger partial charge >= 0.3 is 0 Å². The molecule has 26 heavy (non-hydrogen) atoms. The number of anilines is 1. The summed E-state index contributed by atoms with van der Waals surface area (Å²) in [6.45, 7) is 7.68. The molecule has 0 aliphatic rings. The van der Waals surface area contributed by atoms with Gasteiger partial charge in [-0.15, -0.1) is 0 Å². The molecule has 2 aromatic rings. The topological polar surface area (TPSA) is 41.6 Å². The molecule has 0 saturated carbocycles. The van der Waals surface area contributed by atoms with Gasteiger partial charge in [-0.1, -0.05) is 39.0 Å². The van der Waals surface area contributed by atoms with E-state index in [1.54, 1.807) is 6.07 Å². The second kappa shape index (κ2) is 9.34. The zero-order valence-corrected chi connectivity index (χ0v) is 15.9. The molecule has 5 heteroatoms. The van der Waals surface area contributed by atoms with Crippen LogP contribution in [0.1, 0.15) is 37.8 Å². The van der Waals surface area contributed by atoms with Gasteiger partial charge in [-0.25, -0.2) is 4.39 Å². The summed E-state index contributed by atoms with van der Waals surface area (Å²) in [7, 11) is 1.44. The number of benzene rings is 2. The van der Waals surface area contributed by atoms with E-state index >= 15 is 0 Å². The summed E-state index contributed by atoms with van der Waals surface area (Å²) in [4.78, 5) is 14.3. The van der Waals surface area contributed by atoms with E-state index < -0.39 is 5.82 Å². The van der Waals surface area contributed by atoms with Crippen molar-refractivity contribution in [1.82, 2.24) is 4.90 Å². The number of ether oxygens (including phenoxy) is 1. The molecule has 0 aromatic heterocycles. The second-order valence-electron chi connectivity index (χ2n) is 6.60. The van der Waals surface area contributed by atoms with Crippen LogP contribution in [0, 0.1) is 5.82 Å². The summed E-state index contributed by atoms with van der Waals surface area (Å²) in [6, 6.07) is 12.8. The van der Waals surface area contributed by atoms with Crippen molar-refractivity contribution in [2.75, 3.05) is 25.5 Å². The molecule has 0 bridgehead atoms. The minimum Gasteiger partial charge on any atom is -0.494 e. The Morgan fingerprint density at radius 3 is 2.42 bits per heavy atom. The molecule has 0 radical (unpaired) electrons. The highest BCUT2D eigenvalue weighted by atomic mass is 19.1. The lowest BCUT2D eigenvalue weighted by molar-refractivity contribution is -0.117. The van der Waals surface area contributed by atoms with Crippen LogP contribution < -0.4 is 10.1 Å². The van der Waals surface area contributed by atoms with Crippen LogP contribution >= 0.6 is 0 Å². The second-order valence-corrected chi connectivity index (χ2v) is 6.60. The molecule has 2 rings (SSSR count). The van der Waals surface area contributed by atoms with Gasteiger partial charge in [0, 0.05) is 12.2 Å². The van der Waals surface area contributed by atoms with Gasteiger partial charge in [0.25, 0.3) is 0 Å². The summed E-state index contributed by atoms with van der Waals surface area (Å²) < 4.78 is 18.8. The average Bonchev–Trinajstić information content (AvgIpc) is 2.61. The van der Waals surface area contributed by atoms with E-state index in [2.05, 4.69) is 19.2 Å². The number of likely N-dealkylation sites (N-methyl/N-ethyl adjacent to an activating group) is 1. The van der Waals surface area contributed by atoms with Crippen molar-refractivity contribution < 1.29 is 13.9 Å². The molecule has 1 N–H and O–H groups in total. The number of carbonyl (C=O) groups is 1. The summed E-state index contributed by atoms with van der Waals surface area (Å²) in [5.74, 6) is 0.202. The number of amides is 1. The fourth-order valence-corrected chi connectivity index (χ4v) is 2.70. The number of rotatable bonds is 8. The lowest BCUT2D eigenvalue weighted by Gasteiger charge is -2.20. The Kier molecular flexibility index (Phi) is 7.16. The van der Waals surface area contributed by atoms with Crippen molar-refractivity contribution in [3.8, 4) is 5.75 Å². The number of methoxy groups -OCH3 is 1. The van der Waals surface area contributed by atoms with Crippen molar-refractivity contribution in [2.45, 2.75) is 33.2 Å². The lowest BCUT2D eigenvalue weighted by Crippen LogP contribution is -2.32. The third kappa shape index (κ3) is 5.56. The highest BCUT2D eigenvalue weighted by molar-refractivity contribution is 5.92. The normalized spacial score (nSPS) is 11.0. The zero-order valence-electron chi connectivity index (χ0n) is 15.9. The average molecular weight is 358 g/mol. The Morgan fingerprint density at radius 1 is 1.19 bits per heavy atom. The molecule has 0 fully saturated rings. The van der Waals surface area contributed by atoms with E-state index in [4.69, 9.17) is 4.74 Å². The van der Waals surface area contributed by atoms with E-state index in [0.717, 1.165) is 11.3 Å². The van der Waals surface area contributed by atoms with Gasteiger partial charge in [-0.2, -0.15) is 0 Å². The van der Waals surface area contributed by atoms with Crippen LogP contribution in [0.25, 0.3) is 0 Å². The van der Waals surface area contributed by atoms with Gasteiger partial charge in [0.05, 0.1) is 13.7 Å². The summed E-state index contributed by atoms with van der Waals surface area (Å²) in [5.41, 5.74) is 2.82. The highest BCUT2D eigenvalue weighted by Gasteiger charge is 2.12. The number of nitrogens with zero attached hydrogens (tertiary/aromatic N) is 1. The first-order valence-electron chi connectivity index (χ1n) is 8.87. The molecule has 0 saturated heterocycles. The molecule has 140 valence electrons. The first-order valence-corrected chi connectivity index (χ1v) is 8.87. The monoisotopic (exact) mass is 358 g/mol. The number of carbonyl (C=O) groups excluding carboxylic acids is 1. The predicted octanol–water partition coefficient (Wildman–Crippen LogP) is 4.42. The quantitative estimate of drug-likeness (QED) is 0.759. The van der Waals surface area contributed by atoms with E-state index in [1.165, 1.54) is 18.7 Å². The fourth-order valence-electron chi connectivity index (χ4n) is 2.70. The zero-order chi connectivity index (χ0) is 19.1. The van der Waals surface area contributed by atoms with Crippen LogP contribution in [-0.2, 0) is 11.3 Å². The van der Waals surface area contributed by atoms with E-state index in [1.807, 2.05) is 42.2 Å². The third-order valence-corrected chi connectivity index (χ3v) is 4.30. The Balaban J connectivity index is 1.94. The molecule has 0 atom stereocenters. The summed E-state index contributed by atoms with van der Waals surface area (Å²) in [6.07, 6.45) is 0. The molecule has 4 nitrogen and oxygen atoms in total. The Morgan fingerprint density at radius 2 is 1.88 bits per heavy atom. The molecule has 0 aliphatic carbocycles. The molecule has 2 aromatic carbocycles. The van der Waals surface area contributed by atoms with Crippen molar-refractivity contribution in [1.29, 1.82) is 0 Å². The van der Waals surface area contributed by atoms with Crippen molar-refractivity contribution in [3.63, 3.8) is 0 Å². The van der Waals surface area contributed by atoms with Crippen LogP contribution in [0.5, 0.6) is 5.75 Å². The largest absolute Gasteiger partial charge is 0.494 e. The number of halogens is 1. The Hall–Kier alpha value is -2.40. The SMILES string of the molecule is CCN(CC(=O)Nc1ccc(C(C)C)cc1)Cc1ccc(OC)c(F)c1. The molecule has 0 heterocycles. The fraction of sp³-hybridized carbons (Fsp3) is 0.381. The van der Waals surface area contributed by atoms with Gasteiger partial charge in [0.1, 0.15) is 0 Å². The van der Waals surface area contributed by atoms with Crippen molar-refractivity contribution >= 4 is 11.6 Å². The van der Waals surface area contributed by atoms with Gasteiger partial charge in [-0.3, -0.25) is 9.69 Å². The number of hydrogen-bond donors (Lipinski definition) is 1. The van der Waals surface area contributed by atoms with Gasteiger partial charge in [-0.05, 0) is 47.9 Å². The highest BCUT2D eigenvalue weighted by Crippen LogP contribution is 2.19. The summed E-state index contributed by atoms with van der Waals surface area (Å²) >= 11 is 0. The predicted molar refractivity (Wildman–Crippen MR) is 103 cm³/mol. The van der Waals surface area contributed by atoms with Gasteiger partial charge < -0.3 is 10.1 Å². The molecule has 0 unspecified atom stereocenters. The number of hydrogen-bond acceptors (Lipinski definition) is 3. The third-order valence-electron chi connectivity index (χ3n) is 4.30. The van der Waals surface area contributed by atoms with Gasteiger partial charge in [0.2, 0.25) is 5.91 Å². The summed E-state index contributed by atoms with van der Waals surface area (Å²) in [5, 5.41) is 2.91. The minimum atomic E-state index is -0.393. The van der Waals surface area contributed by atoms with Crippen molar-refractivity contribution in [2.24, 2.45) is 0 Å². The van der Waals surface area contributed by atoms with Crippen LogP contribution in [0.2, 0.25) is 0 Å². The Labute approximate surface area is 155 Å². The van der Waals surface area contributed by atoms with Crippen LogP contribution in [-0.4, -0.2) is 31.0 Å². The van der Waals surface area contributed by atoms with Crippen LogP contribution in [0.15, 0.2) is 42.5 Å². The van der Waals surface area contributed by atoms with E-state index in [-0.39, 0.29) is 18.2 Å². The smallest absolute Gasteiger partial charge is 0.238 e. The lowest BCUT2D eigenvalue weighted by atomic mass is 10.0.